The maximum absolute atomic E-state index is 13.5. The van der Waals surface area contributed by atoms with Crippen molar-refractivity contribution < 1.29 is 19.1 Å². The highest BCUT2D eigenvalue weighted by molar-refractivity contribution is 5.93. The molecule has 160 valence electrons. The SMILES string of the molecule is COc1cccc(CN2CCCC3(CCN(C(=O)c4cnc(C)[nH]4)C3)C2=O)c1OC. The Morgan fingerprint density at radius 2 is 2.07 bits per heavy atom. The average molecular weight is 412 g/mol. The largest absolute Gasteiger partial charge is 0.493 e. The Kier molecular flexibility index (Phi) is 5.40. The molecule has 8 nitrogen and oxygen atoms in total. The molecule has 30 heavy (non-hydrogen) atoms. The summed E-state index contributed by atoms with van der Waals surface area (Å²) in [5.41, 5.74) is 0.890. The molecule has 2 aromatic rings. The third kappa shape index (κ3) is 3.51. The number of hydrogen-bond donors (Lipinski definition) is 1. The van der Waals surface area contributed by atoms with E-state index in [2.05, 4.69) is 9.97 Å². The van der Waals surface area contributed by atoms with Crippen molar-refractivity contribution in [2.24, 2.45) is 5.41 Å². The summed E-state index contributed by atoms with van der Waals surface area (Å²) >= 11 is 0. The predicted molar refractivity (Wildman–Crippen MR) is 110 cm³/mol. The number of likely N-dealkylation sites (tertiary alicyclic amines) is 2. The fourth-order valence-electron chi connectivity index (χ4n) is 4.71. The van der Waals surface area contributed by atoms with Gasteiger partial charge in [0, 0.05) is 31.7 Å². The number of nitrogens with one attached hydrogen (secondary N) is 1. The van der Waals surface area contributed by atoms with Crippen molar-refractivity contribution in [1.82, 2.24) is 19.8 Å². The topological polar surface area (TPSA) is 87.8 Å². The maximum Gasteiger partial charge on any atom is 0.271 e. The number of ether oxygens (including phenoxy) is 2. The Balaban J connectivity index is 1.51. The summed E-state index contributed by atoms with van der Waals surface area (Å²) in [5, 5.41) is 0. The second-order valence-electron chi connectivity index (χ2n) is 8.12. The van der Waals surface area contributed by atoms with Crippen molar-refractivity contribution in [3.8, 4) is 11.5 Å². The van der Waals surface area contributed by atoms with Gasteiger partial charge in [0.1, 0.15) is 11.5 Å². The summed E-state index contributed by atoms with van der Waals surface area (Å²) in [6.07, 6.45) is 3.98. The van der Waals surface area contributed by atoms with Gasteiger partial charge >= 0.3 is 0 Å². The van der Waals surface area contributed by atoms with E-state index in [1.165, 1.54) is 0 Å². The van der Waals surface area contributed by atoms with Gasteiger partial charge in [-0.1, -0.05) is 12.1 Å². The molecule has 0 bridgehead atoms. The number of aromatic nitrogens is 2. The number of imidazole rings is 1. The molecule has 1 aromatic carbocycles. The standard InChI is InChI=1S/C22H28N4O4/c1-15-23-12-17(24-15)20(27)26-11-9-22(14-26)8-5-10-25(21(22)28)13-16-6-4-7-18(29-2)19(16)30-3/h4,6-7,12H,5,8-11,13-14H2,1-3H3,(H,23,24). The van der Waals surface area contributed by atoms with E-state index in [-0.39, 0.29) is 11.8 Å². The lowest BCUT2D eigenvalue weighted by Gasteiger charge is -2.39. The smallest absolute Gasteiger partial charge is 0.271 e. The van der Waals surface area contributed by atoms with Crippen molar-refractivity contribution in [2.45, 2.75) is 32.7 Å². The molecule has 1 atom stereocenters. The molecule has 0 saturated carbocycles. The maximum atomic E-state index is 13.5. The summed E-state index contributed by atoms with van der Waals surface area (Å²) in [5.74, 6) is 2.05. The molecule has 0 aliphatic carbocycles. The van der Waals surface area contributed by atoms with Gasteiger partial charge in [-0.15, -0.1) is 0 Å². The summed E-state index contributed by atoms with van der Waals surface area (Å²) < 4.78 is 10.9. The molecular formula is C22H28N4O4. The number of benzene rings is 1. The van der Waals surface area contributed by atoms with Crippen LogP contribution in [0.15, 0.2) is 24.4 Å². The van der Waals surface area contributed by atoms with Crippen molar-refractivity contribution >= 4 is 11.8 Å². The van der Waals surface area contributed by atoms with E-state index in [1.54, 1.807) is 25.3 Å². The highest BCUT2D eigenvalue weighted by Crippen LogP contribution is 2.41. The molecule has 3 heterocycles. The zero-order chi connectivity index (χ0) is 21.3. The molecule has 1 unspecified atom stereocenters. The highest BCUT2D eigenvalue weighted by atomic mass is 16.5. The number of H-pyrrole nitrogens is 1. The minimum atomic E-state index is -0.505. The molecule has 2 saturated heterocycles. The first-order valence-corrected chi connectivity index (χ1v) is 10.3. The van der Waals surface area contributed by atoms with Crippen LogP contribution in [0, 0.1) is 12.3 Å². The summed E-state index contributed by atoms with van der Waals surface area (Å²) in [7, 11) is 3.21. The van der Waals surface area contributed by atoms with E-state index in [1.807, 2.05) is 30.0 Å². The molecule has 4 rings (SSSR count). The van der Waals surface area contributed by atoms with Crippen LogP contribution in [0.2, 0.25) is 0 Å². The average Bonchev–Trinajstić information content (AvgIpc) is 3.38. The first kappa shape index (κ1) is 20.3. The van der Waals surface area contributed by atoms with Gasteiger partial charge in [-0.3, -0.25) is 9.59 Å². The lowest BCUT2D eigenvalue weighted by Crippen LogP contribution is -2.50. The van der Waals surface area contributed by atoms with Crippen molar-refractivity contribution in [1.29, 1.82) is 0 Å². The van der Waals surface area contributed by atoms with E-state index in [0.717, 1.165) is 18.4 Å². The van der Waals surface area contributed by atoms with Crippen LogP contribution >= 0.6 is 0 Å². The van der Waals surface area contributed by atoms with Crippen molar-refractivity contribution in [3.63, 3.8) is 0 Å². The number of rotatable bonds is 5. The lowest BCUT2D eigenvalue weighted by atomic mass is 9.78. The number of piperidine rings is 1. The quantitative estimate of drug-likeness (QED) is 0.815. The zero-order valence-corrected chi connectivity index (χ0v) is 17.7. The summed E-state index contributed by atoms with van der Waals surface area (Å²) in [6.45, 7) is 4.02. The minimum Gasteiger partial charge on any atom is -0.493 e. The van der Waals surface area contributed by atoms with Crippen LogP contribution in [-0.2, 0) is 11.3 Å². The molecule has 2 amide bonds. The van der Waals surface area contributed by atoms with Gasteiger partial charge in [0.25, 0.3) is 5.91 Å². The number of nitrogens with zero attached hydrogens (tertiary/aromatic N) is 3. The summed E-state index contributed by atoms with van der Waals surface area (Å²) in [4.78, 5) is 37.1. The fourth-order valence-corrected chi connectivity index (χ4v) is 4.71. The highest BCUT2D eigenvalue weighted by Gasteiger charge is 2.49. The predicted octanol–water partition coefficient (Wildman–Crippen LogP) is 2.39. The molecule has 1 N–H and O–H groups in total. The van der Waals surface area contributed by atoms with Crippen LogP contribution < -0.4 is 9.47 Å². The van der Waals surface area contributed by atoms with Crippen LogP contribution in [0.1, 0.15) is 41.1 Å². The number of carbonyl (C=O) groups excluding carboxylic acids is 2. The van der Waals surface area contributed by atoms with Gasteiger partial charge < -0.3 is 24.3 Å². The number of hydrogen-bond acceptors (Lipinski definition) is 5. The number of amides is 2. The number of carbonyl (C=O) groups is 2. The van der Waals surface area contributed by atoms with Crippen LogP contribution in [0.5, 0.6) is 11.5 Å². The number of methoxy groups -OCH3 is 2. The van der Waals surface area contributed by atoms with Gasteiger partial charge in [0.2, 0.25) is 5.91 Å². The van der Waals surface area contributed by atoms with Crippen LogP contribution in [0.3, 0.4) is 0 Å². The molecule has 8 heteroatoms. The van der Waals surface area contributed by atoms with Crippen molar-refractivity contribution in [2.75, 3.05) is 33.9 Å². The van der Waals surface area contributed by atoms with Gasteiger partial charge in [-0.25, -0.2) is 4.98 Å². The third-order valence-corrected chi connectivity index (χ3v) is 6.24. The molecule has 2 aliphatic rings. The Labute approximate surface area is 176 Å². The molecular weight excluding hydrogens is 384 g/mol. The number of aryl methyl sites for hydroxylation is 1. The van der Waals surface area contributed by atoms with E-state index < -0.39 is 5.41 Å². The number of para-hydroxylation sites is 1. The van der Waals surface area contributed by atoms with Gasteiger partial charge in [-0.05, 0) is 32.3 Å². The zero-order valence-electron chi connectivity index (χ0n) is 17.7. The minimum absolute atomic E-state index is 0.0909. The van der Waals surface area contributed by atoms with E-state index in [9.17, 15) is 9.59 Å². The van der Waals surface area contributed by atoms with Gasteiger partial charge in [-0.2, -0.15) is 0 Å². The van der Waals surface area contributed by atoms with Crippen LogP contribution in [-0.4, -0.2) is 65.4 Å². The normalized spacial score (nSPS) is 21.4. The summed E-state index contributed by atoms with van der Waals surface area (Å²) in [6, 6.07) is 5.71. The van der Waals surface area contributed by atoms with Crippen molar-refractivity contribution in [3.05, 3.63) is 41.5 Å². The molecule has 1 spiro atoms. The lowest BCUT2D eigenvalue weighted by molar-refractivity contribution is -0.146. The molecule has 2 fully saturated rings. The second kappa shape index (κ2) is 8.01. The molecule has 2 aliphatic heterocycles. The van der Waals surface area contributed by atoms with E-state index >= 15 is 0 Å². The van der Waals surface area contributed by atoms with Gasteiger partial charge in [0.15, 0.2) is 11.5 Å². The molecule has 1 aromatic heterocycles. The first-order chi connectivity index (χ1) is 14.5. The van der Waals surface area contributed by atoms with E-state index in [0.29, 0.717) is 55.6 Å². The molecule has 0 radical (unpaired) electrons. The fraction of sp³-hybridized carbons (Fsp3) is 0.500. The monoisotopic (exact) mass is 412 g/mol. The van der Waals surface area contributed by atoms with Crippen LogP contribution in [0.25, 0.3) is 0 Å². The van der Waals surface area contributed by atoms with E-state index in [4.69, 9.17) is 9.47 Å². The number of aromatic amines is 1. The third-order valence-electron chi connectivity index (χ3n) is 6.24. The van der Waals surface area contributed by atoms with Gasteiger partial charge in [0.05, 0.1) is 25.8 Å². The first-order valence-electron chi connectivity index (χ1n) is 10.3. The Hall–Kier alpha value is -3.03. The Morgan fingerprint density at radius 1 is 1.23 bits per heavy atom. The Bertz CT molecular complexity index is 956. The van der Waals surface area contributed by atoms with Crippen LogP contribution in [0.4, 0.5) is 0 Å². The Morgan fingerprint density at radius 3 is 2.77 bits per heavy atom. The second-order valence-corrected chi connectivity index (χ2v) is 8.12.